The summed E-state index contributed by atoms with van der Waals surface area (Å²) < 4.78 is 17.1. The Hall–Kier alpha value is -0.890. The van der Waals surface area contributed by atoms with Crippen molar-refractivity contribution in [2.24, 2.45) is 0 Å². The highest BCUT2D eigenvalue weighted by molar-refractivity contribution is 5.17. The van der Waals surface area contributed by atoms with Crippen LogP contribution in [0, 0.1) is 0 Å². The summed E-state index contributed by atoms with van der Waals surface area (Å²) in [5.41, 5.74) is 0.887. The number of benzene rings is 1. The molecule has 60 valence electrons. The van der Waals surface area contributed by atoms with Crippen molar-refractivity contribution in [1.82, 2.24) is 0 Å². The number of rotatable bonds is 3. The van der Waals surface area contributed by atoms with Crippen molar-refractivity contribution < 1.29 is 9.13 Å². The van der Waals surface area contributed by atoms with Crippen LogP contribution in [0.1, 0.15) is 11.7 Å². The summed E-state index contributed by atoms with van der Waals surface area (Å²) in [6, 6.07) is 9.35. The Morgan fingerprint density at radius 1 is 1.36 bits per heavy atom. The number of alkyl halides is 1. The molecule has 0 saturated heterocycles. The van der Waals surface area contributed by atoms with Gasteiger partial charge in [-0.1, -0.05) is 30.3 Å². The fourth-order valence-corrected chi connectivity index (χ4v) is 0.956. The van der Waals surface area contributed by atoms with Gasteiger partial charge in [-0.3, -0.25) is 0 Å². The molecule has 1 unspecified atom stereocenters. The topological polar surface area (TPSA) is 9.23 Å². The number of ether oxygens (including phenoxy) is 1. The predicted octanol–water partition coefficient (Wildman–Crippen LogP) is 2.34. The molecule has 0 radical (unpaired) electrons. The van der Waals surface area contributed by atoms with Gasteiger partial charge in [-0.15, -0.1) is 0 Å². The maximum absolute atomic E-state index is 12.2. The first-order chi connectivity index (χ1) is 5.38. The summed E-state index contributed by atoms with van der Waals surface area (Å²) in [5, 5.41) is 0. The van der Waals surface area contributed by atoms with Crippen LogP contribution in [-0.2, 0) is 4.74 Å². The predicted molar refractivity (Wildman–Crippen MR) is 42.2 cm³/mol. The molecule has 1 rings (SSSR count). The Balaban J connectivity index is 2.74. The van der Waals surface area contributed by atoms with Crippen LogP contribution in [0.5, 0.6) is 0 Å². The number of hydrogen-bond acceptors (Lipinski definition) is 1. The summed E-state index contributed by atoms with van der Waals surface area (Å²) in [7, 11) is 1.51. The molecule has 2 heteroatoms. The van der Waals surface area contributed by atoms with Gasteiger partial charge in [0.1, 0.15) is 12.8 Å². The maximum atomic E-state index is 12.2. The van der Waals surface area contributed by atoms with Crippen molar-refractivity contribution in [3.8, 4) is 0 Å². The SMILES string of the molecule is COC(CF)c1ccccc1. The molecule has 0 N–H and O–H groups in total. The van der Waals surface area contributed by atoms with Gasteiger partial charge in [-0.2, -0.15) is 0 Å². The summed E-state index contributed by atoms with van der Waals surface area (Å²) in [6.45, 7) is -0.472. The van der Waals surface area contributed by atoms with Crippen LogP contribution in [0.2, 0.25) is 0 Å². The van der Waals surface area contributed by atoms with Crippen molar-refractivity contribution in [1.29, 1.82) is 0 Å². The van der Waals surface area contributed by atoms with Crippen molar-refractivity contribution in [2.45, 2.75) is 6.10 Å². The lowest BCUT2D eigenvalue weighted by molar-refractivity contribution is 0.0794. The van der Waals surface area contributed by atoms with E-state index >= 15 is 0 Å². The van der Waals surface area contributed by atoms with E-state index in [9.17, 15) is 4.39 Å². The molecule has 0 aromatic heterocycles. The average Bonchev–Trinajstić information content (AvgIpc) is 2.09. The molecule has 0 aliphatic carbocycles. The molecule has 0 fully saturated rings. The van der Waals surface area contributed by atoms with Gasteiger partial charge in [0.05, 0.1) is 0 Å². The first kappa shape index (κ1) is 8.21. The van der Waals surface area contributed by atoms with Crippen molar-refractivity contribution >= 4 is 0 Å². The Labute approximate surface area is 65.8 Å². The lowest BCUT2D eigenvalue weighted by Crippen LogP contribution is -2.02. The van der Waals surface area contributed by atoms with E-state index in [0.717, 1.165) is 5.56 Å². The molecule has 0 aliphatic rings. The van der Waals surface area contributed by atoms with E-state index in [2.05, 4.69) is 0 Å². The summed E-state index contributed by atoms with van der Waals surface area (Å²) in [6.07, 6.45) is -0.406. The van der Waals surface area contributed by atoms with Gasteiger partial charge in [0.25, 0.3) is 0 Å². The highest BCUT2D eigenvalue weighted by Gasteiger charge is 2.07. The second-order valence-electron chi connectivity index (χ2n) is 2.29. The van der Waals surface area contributed by atoms with Gasteiger partial charge in [-0.05, 0) is 5.56 Å². The molecule has 0 aliphatic heterocycles. The largest absolute Gasteiger partial charge is 0.374 e. The van der Waals surface area contributed by atoms with Gasteiger partial charge >= 0.3 is 0 Å². The van der Waals surface area contributed by atoms with Gasteiger partial charge in [-0.25, -0.2) is 4.39 Å². The molecule has 1 nitrogen and oxygen atoms in total. The smallest absolute Gasteiger partial charge is 0.120 e. The third-order valence-corrected chi connectivity index (χ3v) is 1.60. The zero-order chi connectivity index (χ0) is 8.10. The summed E-state index contributed by atoms with van der Waals surface area (Å²) in [5.74, 6) is 0. The van der Waals surface area contributed by atoms with Crippen molar-refractivity contribution in [3.05, 3.63) is 35.9 Å². The molecular formula is C9H11FO. The molecule has 1 atom stereocenters. The zero-order valence-electron chi connectivity index (χ0n) is 6.46. The second kappa shape index (κ2) is 4.09. The molecule has 0 saturated carbocycles. The van der Waals surface area contributed by atoms with Crippen LogP contribution < -0.4 is 0 Å². The normalized spacial score (nSPS) is 12.9. The molecule has 1 aromatic carbocycles. The van der Waals surface area contributed by atoms with Crippen LogP contribution in [0.4, 0.5) is 4.39 Å². The highest BCUT2D eigenvalue weighted by atomic mass is 19.1. The van der Waals surface area contributed by atoms with E-state index in [1.165, 1.54) is 7.11 Å². The van der Waals surface area contributed by atoms with E-state index in [0.29, 0.717) is 0 Å². The van der Waals surface area contributed by atoms with Gasteiger partial charge in [0.2, 0.25) is 0 Å². The number of methoxy groups -OCH3 is 1. The summed E-state index contributed by atoms with van der Waals surface area (Å²) >= 11 is 0. The standard InChI is InChI=1S/C9H11FO/c1-11-9(7-10)8-5-3-2-4-6-8/h2-6,9H,7H2,1H3. The molecule has 0 bridgehead atoms. The molecule has 0 amide bonds. The molecule has 11 heavy (non-hydrogen) atoms. The number of halogens is 1. The van der Waals surface area contributed by atoms with Crippen LogP contribution in [0.25, 0.3) is 0 Å². The zero-order valence-corrected chi connectivity index (χ0v) is 6.46. The number of hydrogen-bond donors (Lipinski definition) is 0. The van der Waals surface area contributed by atoms with Crippen LogP contribution >= 0.6 is 0 Å². The monoisotopic (exact) mass is 154 g/mol. The fourth-order valence-electron chi connectivity index (χ4n) is 0.956. The quantitative estimate of drug-likeness (QED) is 0.649. The Morgan fingerprint density at radius 3 is 2.45 bits per heavy atom. The lowest BCUT2D eigenvalue weighted by Gasteiger charge is -2.10. The van der Waals surface area contributed by atoms with Gasteiger partial charge in [0.15, 0.2) is 0 Å². The molecule has 0 spiro atoms. The van der Waals surface area contributed by atoms with E-state index < -0.39 is 12.8 Å². The highest BCUT2D eigenvalue weighted by Crippen LogP contribution is 2.15. The minimum Gasteiger partial charge on any atom is -0.374 e. The fraction of sp³-hybridized carbons (Fsp3) is 0.333. The van der Waals surface area contributed by atoms with E-state index in [4.69, 9.17) is 4.74 Å². The molecular weight excluding hydrogens is 143 g/mol. The Kier molecular flexibility index (Phi) is 3.05. The third-order valence-electron chi connectivity index (χ3n) is 1.60. The Bertz CT molecular complexity index is 194. The first-order valence-electron chi connectivity index (χ1n) is 3.52. The molecule has 0 heterocycles. The van der Waals surface area contributed by atoms with Crippen LogP contribution in [-0.4, -0.2) is 13.8 Å². The molecule has 1 aromatic rings. The van der Waals surface area contributed by atoms with E-state index in [1.54, 1.807) is 0 Å². The van der Waals surface area contributed by atoms with E-state index in [-0.39, 0.29) is 0 Å². The van der Waals surface area contributed by atoms with Crippen molar-refractivity contribution in [3.63, 3.8) is 0 Å². The average molecular weight is 154 g/mol. The summed E-state index contributed by atoms with van der Waals surface area (Å²) in [4.78, 5) is 0. The lowest BCUT2D eigenvalue weighted by atomic mass is 10.1. The minimum absolute atomic E-state index is 0.406. The maximum Gasteiger partial charge on any atom is 0.120 e. The van der Waals surface area contributed by atoms with Crippen molar-refractivity contribution in [2.75, 3.05) is 13.8 Å². The third kappa shape index (κ3) is 2.02. The van der Waals surface area contributed by atoms with Crippen LogP contribution in [0.3, 0.4) is 0 Å². The van der Waals surface area contributed by atoms with Crippen LogP contribution in [0.15, 0.2) is 30.3 Å². The van der Waals surface area contributed by atoms with Gasteiger partial charge in [0, 0.05) is 7.11 Å². The Morgan fingerprint density at radius 2 is 2.00 bits per heavy atom. The first-order valence-corrected chi connectivity index (χ1v) is 3.52. The second-order valence-corrected chi connectivity index (χ2v) is 2.29. The van der Waals surface area contributed by atoms with Gasteiger partial charge < -0.3 is 4.74 Å². The van der Waals surface area contributed by atoms with E-state index in [1.807, 2.05) is 30.3 Å². The minimum atomic E-state index is -0.472.